The first kappa shape index (κ1) is 8.52. The molecule has 2 heterocycles. The fourth-order valence-corrected chi connectivity index (χ4v) is 2.24. The van der Waals surface area contributed by atoms with Crippen LogP contribution in [0.2, 0.25) is 0 Å². The fourth-order valence-electron chi connectivity index (χ4n) is 1.13. The maximum Gasteiger partial charge on any atom is 0.135 e. The van der Waals surface area contributed by atoms with Crippen molar-refractivity contribution in [3.63, 3.8) is 0 Å². The first-order valence-corrected chi connectivity index (χ1v) is 4.98. The van der Waals surface area contributed by atoms with Crippen molar-refractivity contribution in [2.24, 2.45) is 0 Å². The van der Waals surface area contributed by atoms with Crippen LogP contribution in [0.4, 0.5) is 5.82 Å². The number of nitrogen functional groups attached to an aromatic ring is 1. The molecule has 2 aromatic rings. The zero-order chi connectivity index (χ0) is 9.42. The number of anilines is 1. The second-order valence-electron chi connectivity index (χ2n) is 2.64. The molecule has 0 saturated carbocycles. The largest absolute Gasteiger partial charge is 0.383 e. The van der Waals surface area contributed by atoms with Crippen LogP contribution in [-0.2, 0) is 0 Å². The molecule has 2 rings (SSSR count). The van der Waals surface area contributed by atoms with Crippen LogP contribution < -0.4 is 5.73 Å². The summed E-state index contributed by atoms with van der Waals surface area (Å²) < 4.78 is 0. The Balaban J connectivity index is 2.82. The maximum absolute atomic E-state index is 5.73. The summed E-state index contributed by atoms with van der Waals surface area (Å²) in [5, 5.41) is 2.52. The van der Waals surface area contributed by atoms with Crippen LogP contribution in [0.3, 0.4) is 0 Å². The van der Waals surface area contributed by atoms with Gasteiger partial charge in [-0.25, -0.2) is 9.97 Å². The Bertz CT molecular complexity index is 475. The van der Waals surface area contributed by atoms with E-state index in [1.807, 2.05) is 13.0 Å². The van der Waals surface area contributed by atoms with Crippen LogP contribution in [0.25, 0.3) is 10.2 Å². The van der Waals surface area contributed by atoms with Crippen molar-refractivity contribution < 1.29 is 0 Å². The van der Waals surface area contributed by atoms with Gasteiger partial charge in [-0.3, -0.25) is 0 Å². The molecule has 0 aliphatic rings. The molecule has 0 aliphatic carbocycles. The average Bonchev–Trinajstić information content (AvgIpc) is 2.47. The molecule has 0 radical (unpaired) electrons. The molecule has 0 spiro atoms. The summed E-state index contributed by atoms with van der Waals surface area (Å²) in [5.74, 6) is 1.23. The van der Waals surface area contributed by atoms with Crippen molar-refractivity contribution >= 4 is 45.0 Å². The third-order valence-electron chi connectivity index (χ3n) is 1.67. The summed E-state index contributed by atoms with van der Waals surface area (Å²) in [5.41, 5.74) is 5.73. The predicted molar refractivity (Wildman–Crippen MR) is 59.3 cm³/mol. The zero-order valence-corrected chi connectivity index (χ0v) is 8.58. The van der Waals surface area contributed by atoms with E-state index in [0.29, 0.717) is 11.6 Å². The Morgan fingerprint density at radius 3 is 3.00 bits per heavy atom. The lowest BCUT2D eigenvalue weighted by atomic mass is 10.3. The summed E-state index contributed by atoms with van der Waals surface area (Å²) in [6.45, 7) is 1.83. The summed E-state index contributed by atoms with van der Waals surface area (Å²) in [4.78, 5) is 10.2. The van der Waals surface area contributed by atoms with Gasteiger partial charge in [0.25, 0.3) is 0 Å². The average molecular weight is 209 g/mol. The second-order valence-corrected chi connectivity index (χ2v) is 3.94. The minimum absolute atomic E-state index is 0.529. The van der Waals surface area contributed by atoms with E-state index in [9.17, 15) is 0 Å². The number of thiophene rings is 1. The minimum Gasteiger partial charge on any atom is -0.383 e. The van der Waals surface area contributed by atoms with E-state index < -0.39 is 0 Å². The number of rotatable bonds is 1. The summed E-state index contributed by atoms with van der Waals surface area (Å²) in [7, 11) is 0. The van der Waals surface area contributed by atoms with Crippen LogP contribution >= 0.6 is 23.6 Å². The highest BCUT2D eigenvalue weighted by molar-refractivity contribution is 7.79. The zero-order valence-electron chi connectivity index (χ0n) is 6.94. The van der Waals surface area contributed by atoms with Gasteiger partial charge < -0.3 is 5.73 Å². The summed E-state index contributed by atoms with van der Waals surface area (Å²) in [6, 6.07) is 1.92. The lowest BCUT2D eigenvalue weighted by Gasteiger charge is -1.95. The number of nitrogens with zero attached hydrogens (tertiary/aromatic N) is 2. The minimum atomic E-state index is 0.529. The topological polar surface area (TPSA) is 51.8 Å². The number of thiocarbonyl (C=S) groups is 1. The van der Waals surface area contributed by atoms with Crippen LogP contribution in [0.5, 0.6) is 0 Å². The molecule has 3 nitrogen and oxygen atoms in total. The van der Waals surface area contributed by atoms with Crippen molar-refractivity contribution in [1.82, 2.24) is 9.97 Å². The third kappa shape index (κ3) is 1.40. The van der Waals surface area contributed by atoms with Crippen molar-refractivity contribution in [1.29, 1.82) is 0 Å². The van der Waals surface area contributed by atoms with Crippen molar-refractivity contribution in [2.45, 2.75) is 6.92 Å². The number of nitrogens with two attached hydrogens (primary N) is 1. The van der Waals surface area contributed by atoms with Gasteiger partial charge in [-0.1, -0.05) is 12.2 Å². The Kier molecular flexibility index (Phi) is 1.97. The van der Waals surface area contributed by atoms with E-state index in [2.05, 4.69) is 9.97 Å². The first-order valence-electron chi connectivity index (χ1n) is 3.69. The predicted octanol–water partition coefficient (Wildman–Crippen LogP) is 1.93. The normalized spacial score (nSPS) is 10.5. The lowest BCUT2D eigenvalue weighted by Crippen LogP contribution is -1.94. The van der Waals surface area contributed by atoms with Gasteiger partial charge in [0, 0.05) is 10.2 Å². The Hall–Kier alpha value is -1.07. The first-order chi connectivity index (χ1) is 6.20. The molecule has 0 saturated heterocycles. The van der Waals surface area contributed by atoms with Gasteiger partial charge in [0.1, 0.15) is 16.5 Å². The molecule has 0 unspecified atom stereocenters. The van der Waals surface area contributed by atoms with Gasteiger partial charge in [0.2, 0.25) is 0 Å². The van der Waals surface area contributed by atoms with Gasteiger partial charge >= 0.3 is 0 Å². The van der Waals surface area contributed by atoms with Gasteiger partial charge in [-0.05, 0) is 13.0 Å². The van der Waals surface area contributed by atoms with Crippen molar-refractivity contribution in [3.05, 3.63) is 16.8 Å². The van der Waals surface area contributed by atoms with Gasteiger partial charge in [0.05, 0.1) is 5.39 Å². The third-order valence-corrected chi connectivity index (χ3v) is 3.05. The van der Waals surface area contributed by atoms with Gasteiger partial charge in [-0.15, -0.1) is 11.3 Å². The molecule has 0 aromatic carbocycles. The van der Waals surface area contributed by atoms with E-state index in [0.717, 1.165) is 15.1 Å². The van der Waals surface area contributed by atoms with Gasteiger partial charge in [0.15, 0.2) is 0 Å². The number of hydrogen-bond acceptors (Lipinski definition) is 5. The Labute approximate surface area is 84.6 Å². The van der Waals surface area contributed by atoms with Crippen LogP contribution in [-0.4, -0.2) is 15.3 Å². The molecule has 0 amide bonds. The highest BCUT2D eigenvalue weighted by Crippen LogP contribution is 2.26. The molecule has 2 N–H and O–H groups in total. The Morgan fingerprint density at radius 1 is 1.54 bits per heavy atom. The molecule has 0 fully saturated rings. The quantitative estimate of drug-likeness (QED) is 0.729. The van der Waals surface area contributed by atoms with Crippen LogP contribution in [0.15, 0.2) is 6.07 Å². The number of fused-ring (bicyclic) bond motifs is 1. The highest BCUT2D eigenvalue weighted by Gasteiger charge is 2.06. The fraction of sp³-hybridized carbons (Fsp3) is 0.125. The van der Waals surface area contributed by atoms with Crippen molar-refractivity contribution in [2.75, 3.05) is 5.73 Å². The lowest BCUT2D eigenvalue weighted by molar-refractivity contribution is 1.11. The van der Waals surface area contributed by atoms with E-state index in [4.69, 9.17) is 18.0 Å². The van der Waals surface area contributed by atoms with E-state index >= 15 is 0 Å². The number of aryl methyl sites for hydroxylation is 1. The molecule has 66 valence electrons. The highest BCUT2D eigenvalue weighted by atomic mass is 32.1. The molecule has 2 aromatic heterocycles. The Morgan fingerprint density at radius 2 is 2.31 bits per heavy atom. The maximum atomic E-state index is 5.73. The van der Waals surface area contributed by atoms with Crippen LogP contribution in [0.1, 0.15) is 10.7 Å². The molecule has 0 aliphatic heterocycles. The second kappa shape index (κ2) is 3.01. The molecule has 13 heavy (non-hydrogen) atoms. The van der Waals surface area contributed by atoms with Crippen molar-refractivity contribution in [3.8, 4) is 0 Å². The van der Waals surface area contributed by atoms with E-state index in [-0.39, 0.29) is 0 Å². The van der Waals surface area contributed by atoms with E-state index in [1.54, 1.807) is 5.37 Å². The molecular weight excluding hydrogens is 202 g/mol. The molecule has 0 atom stereocenters. The number of aromatic nitrogens is 2. The molecular formula is C8H7N3S2. The monoisotopic (exact) mass is 209 g/mol. The van der Waals surface area contributed by atoms with E-state index in [1.165, 1.54) is 11.3 Å². The van der Waals surface area contributed by atoms with Crippen LogP contribution in [0, 0.1) is 6.92 Å². The van der Waals surface area contributed by atoms with Gasteiger partial charge in [-0.2, -0.15) is 0 Å². The number of hydrogen-bond donors (Lipinski definition) is 1. The summed E-state index contributed by atoms with van der Waals surface area (Å²) >= 11 is 6.37. The molecule has 5 heteroatoms. The standard InChI is InChI=1S/C8H7N3S2/c1-4-10-7(9)6-2-5(3-12)13-8(6)11-4/h2-3H,1H3,(H2,9,10,11). The molecule has 0 bridgehead atoms. The SMILES string of the molecule is Cc1nc(N)c2cc(C=S)sc2n1. The smallest absolute Gasteiger partial charge is 0.135 e. The summed E-state index contributed by atoms with van der Waals surface area (Å²) in [6.07, 6.45) is 0.